The molecule has 0 aliphatic heterocycles. The van der Waals surface area contributed by atoms with Gasteiger partial charge >= 0.3 is 0 Å². The van der Waals surface area contributed by atoms with Gasteiger partial charge in [-0.15, -0.1) is 0 Å². The first-order valence-electron chi connectivity index (χ1n) is 5.10. The van der Waals surface area contributed by atoms with Crippen LogP contribution in [0.2, 0.25) is 0 Å². The number of carbonyl (C=O) groups is 1. The monoisotopic (exact) mass is 205 g/mol. The molecule has 0 aromatic carbocycles. The van der Waals surface area contributed by atoms with E-state index in [-0.39, 0.29) is 11.2 Å². The topological polar surface area (TPSA) is 82.0 Å². The third-order valence-electron chi connectivity index (χ3n) is 3.13. The molecule has 0 atom stereocenters. The minimum Gasteiger partial charge on any atom is -0.398 e. The highest BCUT2D eigenvalue weighted by Crippen LogP contribution is 2.46. The predicted octanol–water partition coefficient (Wildman–Crippen LogP) is 0.514. The molecule has 0 radical (unpaired) electrons. The lowest BCUT2D eigenvalue weighted by Crippen LogP contribution is -2.27. The van der Waals surface area contributed by atoms with E-state index in [4.69, 9.17) is 11.5 Å². The number of hydrogen-bond acceptors (Lipinski definition) is 4. The number of carbonyl (C=O) groups excluding carboxylic acids is 1. The van der Waals surface area contributed by atoms with E-state index < -0.39 is 0 Å². The van der Waals surface area contributed by atoms with Crippen molar-refractivity contribution in [3.8, 4) is 0 Å². The number of Topliss-reactive ketones (excluding diaryl/α,β-unsaturated/α-hetero) is 1. The molecule has 0 amide bonds. The summed E-state index contributed by atoms with van der Waals surface area (Å²) in [5, 5.41) is 0. The first-order chi connectivity index (χ1) is 7.18. The Bertz CT molecular complexity index is 385. The first kappa shape index (κ1) is 10.1. The summed E-state index contributed by atoms with van der Waals surface area (Å²) in [6.07, 6.45) is 5.47. The van der Waals surface area contributed by atoms with E-state index in [1.54, 1.807) is 18.5 Å². The second-order valence-corrected chi connectivity index (χ2v) is 4.16. The van der Waals surface area contributed by atoms with Crippen molar-refractivity contribution in [2.24, 2.45) is 11.1 Å². The van der Waals surface area contributed by atoms with Gasteiger partial charge in [0, 0.05) is 42.0 Å². The maximum Gasteiger partial charge on any atom is 0.144 e. The number of anilines is 1. The van der Waals surface area contributed by atoms with Crippen molar-refractivity contribution >= 4 is 11.5 Å². The van der Waals surface area contributed by atoms with Crippen molar-refractivity contribution in [2.45, 2.75) is 19.3 Å². The van der Waals surface area contributed by atoms with E-state index in [1.807, 2.05) is 0 Å². The molecule has 1 aliphatic rings. The van der Waals surface area contributed by atoms with Gasteiger partial charge in [0.25, 0.3) is 0 Å². The molecule has 15 heavy (non-hydrogen) atoms. The van der Waals surface area contributed by atoms with Gasteiger partial charge in [0.1, 0.15) is 5.78 Å². The number of nitrogen functional groups attached to an aromatic ring is 1. The third kappa shape index (κ3) is 1.85. The van der Waals surface area contributed by atoms with Crippen LogP contribution in [0.4, 0.5) is 5.69 Å². The summed E-state index contributed by atoms with van der Waals surface area (Å²) >= 11 is 0. The van der Waals surface area contributed by atoms with Gasteiger partial charge in [0.05, 0.1) is 0 Å². The molecule has 4 N–H and O–H groups in total. The van der Waals surface area contributed by atoms with Gasteiger partial charge in [-0.05, 0) is 18.9 Å². The Morgan fingerprint density at radius 1 is 1.53 bits per heavy atom. The van der Waals surface area contributed by atoms with Crippen molar-refractivity contribution in [2.75, 3.05) is 12.3 Å². The normalized spacial score (nSPS) is 17.4. The SMILES string of the molecule is NCC1(C(=O)Cc2cnccc2N)CC1. The number of hydrogen-bond donors (Lipinski definition) is 2. The molecule has 1 saturated carbocycles. The Kier molecular flexibility index (Phi) is 2.44. The summed E-state index contributed by atoms with van der Waals surface area (Å²) in [5.74, 6) is 0.199. The van der Waals surface area contributed by atoms with Gasteiger partial charge in [-0.3, -0.25) is 9.78 Å². The molecular weight excluding hydrogens is 190 g/mol. The lowest BCUT2D eigenvalue weighted by molar-refractivity contribution is -0.123. The minimum atomic E-state index is -0.248. The van der Waals surface area contributed by atoms with Crippen LogP contribution in [-0.4, -0.2) is 17.3 Å². The van der Waals surface area contributed by atoms with Crippen molar-refractivity contribution in [1.82, 2.24) is 4.98 Å². The first-order valence-corrected chi connectivity index (χ1v) is 5.10. The highest BCUT2D eigenvalue weighted by molar-refractivity contribution is 5.90. The highest BCUT2D eigenvalue weighted by atomic mass is 16.1. The van der Waals surface area contributed by atoms with Crippen molar-refractivity contribution in [3.63, 3.8) is 0 Å². The van der Waals surface area contributed by atoms with Crippen molar-refractivity contribution < 1.29 is 4.79 Å². The summed E-state index contributed by atoms with van der Waals surface area (Å²) in [5.41, 5.74) is 12.5. The molecule has 4 nitrogen and oxygen atoms in total. The second-order valence-electron chi connectivity index (χ2n) is 4.16. The van der Waals surface area contributed by atoms with Gasteiger partial charge in [0.2, 0.25) is 0 Å². The lowest BCUT2D eigenvalue weighted by atomic mass is 9.95. The average molecular weight is 205 g/mol. The smallest absolute Gasteiger partial charge is 0.144 e. The second kappa shape index (κ2) is 3.62. The molecule has 1 heterocycles. The predicted molar refractivity (Wildman–Crippen MR) is 58.1 cm³/mol. The molecular formula is C11H15N3O. The summed E-state index contributed by atoms with van der Waals surface area (Å²) in [4.78, 5) is 15.9. The summed E-state index contributed by atoms with van der Waals surface area (Å²) < 4.78 is 0. The molecule has 1 aliphatic carbocycles. The van der Waals surface area contributed by atoms with Crippen LogP contribution in [0.1, 0.15) is 18.4 Å². The summed E-state index contributed by atoms with van der Waals surface area (Å²) in [7, 11) is 0. The molecule has 1 aromatic heterocycles. The van der Waals surface area contributed by atoms with E-state index in [1.165, 1.54) is 0 Å². The van der Waals surface area contributed by atoms with E-state index in [0.29, 0.717) is 18.7 Å². The zero-order valence-electron chi connectivity index (χ0n) is 8.57. The maximum absolute atomic E-state index is 11.9. The minimum absolute atomic E-state index is 0.199. The van der Waals surface area contributed by atoms with Gasteiger partial charge in [0.15, 0.2) is 0 Å². The van der Waals surface area contributed by atoms with Gasteiger partial charge in [-0.2, -0.15) is 0 Å². The van der Waals surface area contributed by atoms with Crippen LogP contribution in [0.15, 0.2) is 18.5 Å². The van der Waals surface area contributed by atoms with E-state index >= 15 is 0 Å². The molecule has 0 spiro atoms. The fraction of sp³-hybridized carbons (Fsp3) is 0.455. The summed E-state index contributed by atoms with van der Waals surface area (Å²) in [6, 6.07) is 1.71. The average Bonchev–Trinajstić information content (AvgIpc) is 3.02. The number of pyridine rings is 1. The molecule has 2 rings (SSSR count). The van der Waals surface area contributed by atoms with Crippen LogP contribution < -0.4 is 11.5 Å². The van der Waals surface area contributed by atoms with Crippen molar-refractivity contribution in [1.29, 1.82) is 0 Å². The Morgan fingerprint density at radius 2 is 2.27 bits per heavy atom. The third-order valence-corrected chi connectivity index (χ3v) is 3.13. The zero-order chi connectivity index (χ0) is 10.9. The fourth-order valence-electron chi connectivity index (χ4n) is 1.69. The molecule has 80 valence electrons. The van der Waals surface area contributed by atoms with Crippen molar-refractivity contribution in [3.05, 3.63) is 24.0 Å². The van der Waals surface area contributed by atoms with E-state index in [0.717, 1.165) is 18.4 Å². The lowest BCUT2D eigenvalue weighted by Gasteiger charge is -2.11. The number of nitrogens with two attached hydrogens (primary N) is 2. The Hall–Kier alpha value is -1.42. The van der Waals surface area contributed by atoms with Crippen LogP contribution in [0.5, 0.6) is 0 Å². The van der Waals surface area contributed by atoms with E-state index in [2.05, 4.69) is 4.98 Å². The Balaban J connectivity index is 2.10. The van der Waals surface area contributed by atoms with E-state index in [9.17, 15) is 4.79 Å². The molecule has 4 heteroatoms. The number of ketones is 1. The zero-order valence-corrected chi connectivity index (χ0v) is 8.57. The molecule has 0 unspecified atom stereocenters. The van der Waals surface area contributed by atoms with Crippen LogP contribution in [0.25, 0.3) is 0 Å². The number of nitrogens with zero attached hydrogens (tertiary/aromatic N) is 1. The van der Waals surface area contributed by atoms with Crippen LogP contribution in [0, 0.1) is 5.41 Å². The summed E-state index contributed by atoms with van der Waals surface area (Å²) in [6.45, 7) is 0.450. The fourth-order valence-corrected chi connectivity index (χ4v) is 1.69. The van der Waals surface area contributed by atoms with Crippen LogP contribution in [-0.2, 0) is 11.2 Å². The Labute approximate surface area is 88.7 Å². The van der Waals surface area contributed by atoms with Crippen LogP contribution >= 0.6 is 0 Å². The maximum atomic E-state index is 11.9. The van der Waals surface area contributed by atoms with Gasteiger partial charge in [-0.1, -0.05) is 0 Å². The number of aromatic nitrogens is 1. The van der Waals surface area contributed by atoms with Gasteiger partial charge < -0.3 is 11.5 Å². The molecule has 1 aromatic rings. The highest BCUT2D eigenvalue weighted by Gasteiger charge is 2.47. The standard InChI is InChI=1S/C11H15N3O/c12-7-11(2-3-11)10(15)5-8-6-14-4-1-9(8)13/h1,4,6H,2-3,5,7,12H2,(H2,13,14). The molecule has 0 saturated heterocycles. The van der Waals surface area contributed by atoms with Gasteiger partial charge in [-0.25, -0.2) is 0 Å². The number of rotatable bonds is 4. The quantitative estimate of drug-likeness (QED) is 0.750. The molecule has 0 bridgehead atoms. The van der Waals surface area contributed by atoms with Crippen LogP contribution in [0.3, 0.4) is 0 Å². The Morgan fingerprint density at radius 3 is 2.80 bits per heavy atom. The largest absolute Gasteiger partial charge is 0.398 e. The molecule has 1 fully saturated rings.